The van der Waals surface area contributed by atoms with Crippen molar-refractivity contribution in [2.75, 3.05) is 5.75 Å². The van der Waals surface area contributed by atoms with Crippen molar-refractivity contribution in [3.63, 3.8) is 0 Å². The Hall–Kier alpha value is -0.690. The maximum Gasteiger partial charge on any atom is 0.105 e. The van der Waals surface area contributed by atoms with Gasteiger partial charge in [-0.1, -0.05) is 23.7 Å². The lowest BCUT2D eigenvalue weighted by molar-refractivity contribution is 0.560. The monoisotopic (exact) mass is 268 g/mol. The average Bonchev–Trinajstić information content (AvgIpc) is 2.30. The molecular weight excluding hydrogens is 252 g/mol. The van der Waals surface area contributed by atoms with Gasteiger partial charge in [0.25, 0.3) is 0 Å². The second-order valence-electron chi connectivity index (χ2n) is 4.14. The van der Waals surface area contributed by atoms with Gasteiger partial charge in [0, 0.05) is 22.6 Å². The van der Waals surface area contributed by atoms with E-state index in [9.17, 15) is 0 Å². The predicted octanol–water partition coefficient (Wildman–Crippen LogP) is 3.46. The molecule has 0 aliphatic rings. The molecule has 0 spiro atoms. The van der Waals surface area contributed by atoms with Crippen LogP contribution in [0.1, 0.15) is 19.4 Å². The molecule has 4 heteroatoms. The fraction of sp³-hybridized carbons (Fsp3) is 0.462. The summed E-state index contributed by atoms with van der Waals surface area (Å²) in [6.45, 7) is 4.10. The van der Waals surface area contributed by atoms with Crippen molar-refractivity contribution >= 4 is 23.4 Å². The molecule has 1 aromatic carbocycles. The van der Waals surface area contributed by atoms with Gasteiger partial charge in [-0.2, -0.15) is 17.0 Å². The molecule has 1 aromatic rings. The Morgan fingerprint density at radius 1 is 1.35 bits per heavy atom. The van der Waals surface area contributed by atoms with Gasteiger partial charge in [0.1, 0.15) is 6.04 Å². The molecule has 0 aliphatic carbocycles. The first-order valence-corrected chi connectivity index (χ1v) is 7.13. The lowest BCUT2D eigenvalue weighted by atomic mass is 10.2. The van der Waals surface area contributed by atoms with Gasteiger partial charge in [0.05, 0.1) is 6.07 Å². The largest absolute Gasteiger partial charge is 0.299 e. The van der Waals surface area contributed by atoms with Crippen LogP contribution in [0, 0.1) is 11.3 Å². The number of rotatable bonds is 6. The van der Waals surface area contributed by atoms with Gasteiger partial charge in [-0.05, 0) is 31.5 Å². The van der Waals surface area contributed by atoms with Crippen molar-refractivity contribution in [3.05, 3.63) is 34.9 Å². The summed E-state index contributed by atoms with van der Waals surface area (Å²) in [7, 11) is 0. The Balaban J connectivity index is 2.31. The molecule has 1 atom stereocenters. The van der Waals surface area contributed by atoms with Crippen molar-refractivity contribution in [1.29, 1.82) is 5.26 Å². The Bertz CT molecular complexity index is 370. The molecule has 0 radical (unpaired) electrons. The van der Waals surface area contributed by atoms with Crippen molar-refractivity contribution in [2.45, 2.75) is 31.7 Å². The number of halogens is 1. The molecule has 0 saturated heterocycles. The second kappa shape index (κ2) is 7.60. The van der Waals surface area contributed by atoms with Crippen molar-refractivity contribution < 1.29 is 0 Å². The van der Waals surface area contributed by atoms with Crippen LogP contribution < -0.4 is 5.32 Å². The van der Waals surface area contributed by atoms with Gasteiger partial charge in [0.15, 0.2) is 0 Å². The summed E-state index contributed by atoms with van der Waals surface area (Å²) in [6.07, 6.45) is 0. The molecule has 0 fully saturated rings. The molecule has 17 heavy (non-hydrogen) atoms. The highest BCUT2D eigenvalue weighted by Gasteiger charge is 2.08. The van der Waals surface area contributed by atoms with E-state index in [-0.39, 0.29) is 6.04 Å². The average molecular weight is 269 g/mol. The molecule has 0 heterocycles. The van der Waals surface area contributed by atoms with E-state index >= 15 is 0 Å². The van der Waals surface area contributed by atoms with Crippen molar-refractivity contribution in [3.8, 4) is 6.07 Å². The third-order valence-electron chi connectivity index (χ3n) is 2.16. The third-order valence-corrected chi connectivity index (χ3v) is 3.52. The fourth-order valence-corrected chi connectivity index (χ4v) is 2.48. The highest BCUT2D eigenvalue weighted by Crippen LogP contribution is 2.16. The zero-order chi connectivity index (χ0) is 12.7. The first-order chi connectivity index (χ1) is 8.11. The first kappa shape index (κ1) is 14.4. The summed E-state index contributed by atoms with van der Waals surface area (Å²) in [4.78, 5) is 0. The second-order valence-corrected chi connectivity index (χ2v) is 5.61. The summed E-state index contributed by atoms with van der Waals surface area (Å²) in [5, 5.41) is 12.9. The molecule has 0 aromatic heterocycles. The minimum absolute atomic E-state index is 0.0766. The van der Waals surface area contributed by atoms with Crippen LogP contribution in [0.2, 0.25) is 5.02 Å². The van der Waals surface area contributed by atoms with E-state index in [1.54, 1.807) is 11.8 Å². The fourth-order valence-electron chi connectivity index (χ4n) is 1.40. The van der Waals surface area contributed by atoms with Crippen LogP contribution in [0.15, 0.2) is 24.3 Å². The number of nitriles is 1. The van der Waals surface area contributed by atoms with Gasteiger partial charge < -0.3 is 0 Å². The van der Waals surface area contributed by atoms with Gasteiger partial charge in [-0.3, -0.25) is 5.32 Å². The summed E-state index contributed by atoms with van der Waals surface area (Å²) in [5.74, 6) is 1.71. The van der Waals surface area contributed by atoms with E-state index in [1.165, 1.54) is 5.56 Å². The first-order valence-electron chi connectivity index (χ1n) is 5.59. The van der Waals surface area contributed by atoms with E-state index in [2.05, 4.69) is 11.4 Å². The SMILES string of the molecule is CC(C)NC(C#N)CSCc1ccc(Cl)cc1. The zero-order valence-electron chi connectivity index (χ0n) is 10.1. The summed E-state index contributed by atoms with van der Waals surface area (Å²) >= 11 is 7.57. The van der Waals surface area contributed by atoms with Crippen LogP contribution >= 0.6 is 23.4 Å². The Labute approximate surface area is 112 Å². The highest BCUT2D eigenvalue weighted by molar-refractivity contribution is 7.98. The summed E-state index contributed by atoms with van der Waals surface area (Å²) in [5.41, 5.74) is 1.24. The van der Waals surface area contributed by atoms with E-state index < -0.39 is 0 Å². The van der Waals surface area contributed by atoms with E-state index in [4.69, 9.17) is 16.9 Å². The Morgan fingerprint density at radius 3 is 2.53 bits per heavy atom. The van der Waals surface area contributed by atoms with Crippen molar-refractivity contribution in [1.82, 2.24) is 5.32 Å². The van der Waals surface area contributed by atoms with Crippen LogP contribution in [-0.2, 0) is 5.75 Å². The number of nitrogens with one attached hydrogen (secondary N) is 1. The van der Waals surface area contributed by atoms with E-state index in [0.29, 0.717) is 6.04 Å². The summed E-state index contributed by atoms with van der Waals surface area (Å²) < 4.78 is 0. The van der Waals surface area contributed by atoms with Crippen LogP contribution in [-0.4, -0.2) is 17.8 Å². The molecule has 0 aliphatic heterocycles. The van der Waals surface area contributed by atoms with E-state index in [0.717, 1.165) is 16.5 Å². The summed E-state index contributed by atoms with van der Waals surface area (Å²) in [6, 6.07) is 10.4. The number of benzene rings is 1. The smallest absolute Gasteiger partial charge is 0.105 e. The zero-order valence-corrected chi connectivity index (χ0v) is 11.7. The minimum atomic E-state index is -0.0766. The number of hydrogen-bond donors (Lipinski definition) is 1. The van der Waals surface area contributed by atoms with Crippen LogP contribution in [0.3, 0.4) is 0 Å². The minimum Gasteiger partial charge on any atom is -0.299 e. The quantitative estimate of drug-likeness (QED) is 0.858. The molecule has 0 saturated carbocycles. The van der Waals surface area contributed by atoms with Gasteiger partial charge in [-0.15, -0.1) is 0 Å². The van der Waals surface area contributed by atoms with Gasteiger partial charge in [0.2, 0.25) is 0 Å². The normalized spacial score (nSPS) is 12.4. The molecule has 92 valence electrons. The maximum atomic E-state index is 8.97. The highest BCUT2D eigenvalue weighted by atomic mass is 35.5. The number of hydrogen-bond acceptors (Lipinski definition) is 3. The lowest BCUT2D eigenvalue weighted by Gasteiger charge is -2.13. The lowest BCUT2D eigenvalue weighted by Crippen LogP contribution is -2.35. The van der Waals surface area contributed by atoms with E-state index in [1.807, 2.05) is 38.1 Å². The topological polar surface area (TPSA) is 35.8 Å². The number of thioether (sulfide) groups is 1. The van der Waals surface area contributed by atoms with Crippen molar-refractivity contribution in [2.24, 2.45) is 0 Å². The predicted molar refractivity (Wildman–Crippen MR) is 75.3 cm³/mol. The van der Waals surface area contributed by atoms with Crippen LogP contribution in [0.5, 0.6) is 0 Å². The molecule has 2 nitrogen and oxygen atoms in total. The molecular formula is C13H17ClN2S. The number of nitrogens with zero attached hydrogens (tertiary/aromatic N) is 1. The van der Waals surface area contributed by atoms with Crippen LogP contribution in [0.4, 0.5) is 0 Å². The molecule has 1 rings (SSSR count). The third kappa shape index (κ3) is 5.97. The molecule has 0 amide bonds. The standard InChI is InChI=1S/C13H17ClN2S/c1-10(2)16-13(7-15)9-17-8-11-3-5-12(14)6-4-11/h3-6,10,13,16H,8-9H2,1-2H3. The maximum absolute atomic E-state index is 8.97. The Morgan fingerprint density at radius 2 is 2.00 bits per heavy atom. The molecule has 1 N–H and O–H groups in total. The van der Waals surface area contributed by atoms with Crippen LogP contribution in [0.25, 0.3) is 0 Å². The molecule has 0 bridgehead atoms. The Kier molecular flexibility index (Phi) is 6.43. The van der Waals surface area contributed by atoms with Gasteiger partial charge >= 0.3 is 0 Å². The molecule has 1 unspecified atom stereocenters. The van der Waals surface area contributed by atoms with Gasteiger partial charge in [-0.25, -0.2) is 0 Å².